The Morgan fingerprint density at radius 1 is 1.19 bits per heavy atom. The number of carbonyl (C=O) groups excluding carboxylic acids is 1. The molecule has 0 aliphatic heterocycles. The second-order valence-corrected chi connectivity index (χ2v) is 5.19. The van der Waals surface area contributed by atoms with Crippen LogP contribution in [0.4, 0.5) is 0 Å². The van der Waals surface area contributed by atoms with E-state index in [-0.39, 0.29) is 16.2 Å². The van der Waals surface area contributed by atoms with E-state index in [1.54, 1.807) is 0 Å². The predicted molar refractivity (Wildman–Crippen MR) is 83.3 cm³/mol. The van der Waals surface area contributed by atoms with E-state index in [4.69, 9.17) is 27.9 Å². The molecule has 1 amide bonds. The Balaban J connectivity index is 1.80. The highest BCUT2D eigenvalue weighted by Gasteiger charge is 2.08. The summed E-state index contributed by atoms with van der Waals surface area (Å²) < 4.78 is 5.52. The standard InChI is InChI=1S/C15H14Cl2N2O2/c1-10-2-4-12(5-3-10)21-7-6-18-15(20)11-8-13(16)19-14(17)9-11/h2-5,8-9H,6-7H2,1H3,(H,18,20). The molecule has 1 aromatic carbocycles. The van der Waals surface area contributed by atoms with Crippen LogP contribution in [-0.4, -0.2) is 24.0 Å². The Kier molecular flexibility index (Phi) is 5.42. The van der Waals surface area contributed by atoms with Crippen molar-refractivity contribution in [1.29, 1.82) is 0 Å². The minimum atomic E-state index is -0.270. The molecule has 0 fully saturated rings. The predicted octanol–water partition coefficient (Wildman–Crippen LogP) is 3.51. The molecular formula is C15H14Cl2N2O2. The third-order valence-electron chi connectivity index (χ3n) is 2.70. The molecule has 4 nitrogen and oxygen atoms in total. The summed E-state index contributed by atoms with van der Waals surface area (Å²) in [6, 6.07) is 10.6. The first-order valence-corrected chi connectivity index (χ1v) is 7.11. The molecular weight excluding hydrogens is 311 g/mol. The lowest BCUT2D eigenvalue weighted by Gasteiger charge is -2.08. The van der Waals surface area contributed by atoms with Gasteiger partial charge in [-0.3, -0.25) is 4.79 Å². The molecule has 21 heavy (non-hydrogen) atoms. The third-order valence-corrected chi connectivity index (χ3v) is 3.09. The Morgan fingerprint density at radius 2 is 1.81 bits per heavy atom. The number of halogens is 2. The van der Waals surface area contributed by atoms with Crippen molar-refractivity contribution in [2.75, 3.05) is 13.2 Å². The number of carbonyl (C=O) groups is 1. The number of pyridine rings is 1. The maximum atomic E-state index is 11.9. The molecule has 0 atom stereocenters. The molecule has 1 heterocycles. The quantitative estimate of drug-likeness (QED) is 0.676. The molecule has 0 bridgehead atoms. The van der Waals surface area contributed by atoms with Crippen LogP contribution in [0.5, 0.6) is 5.75 Å². The van der Waals surface area contributed by atoms with Gasteiger partial charge in [-0.2, -0.15) is 0 Å². The van der Waals surface area contributed by atoms with Crippen molar-refractivity contribution in [3.63, 3.8) is 0 Å². The van der Waals surface area contributed by atoms with Gasteiger partial charge in [0, 0.05) is 5.56 Å². The van der Waals surface area contributed by atoms with E-state index in [1.165, 1.54) is 17.7 Å². The van der Waals surface area contributed by atoms with Crippen LogP contribution in [0.15, 0.2) is 36.4 Å². The van der Waals surface area contributed by atoms with Crippen molar-refractivity contribution >= 4 is 29.1 Å². The Labute approximate surface area is 133 Å². The second-order valence-electron chi connectivity index (χ2n) is 4.42. The molecule has 0 unspecified atom stereocenters. The summed E-state index contributed by atoms with van der Waals surface area (Å²) in [7, 11) is 0. The Hall–Kier alpha value is -1.78. The molecule has 110 valence electrons. The normalized spacial score (nSPS) is 10.2. The molecule has 6 heteroatoms. The zero-order chi connectivity index (χ0) is 15.2. The minimum absolute atomic E-state index is 0.184. The molecule has 1 aromatic heterocycles. The second kappa shape index (κ2) is 7.29. The molecule has 0 saturated heterocycles. The minimum Gasteiger partial charge on any atom is -0.492 e. The van der Waals surface area contributed by atoms with E-state index in [2.05, 4.69) is 10.3 Å². The van der Waals surface area contributed by atoms with Crippen molar-refractivity contribution in [2.24, 2.45) is 0 Å². The van der Waals surface area contributed by atoms with E-state index in [1.807, 2.05) is 31.2 Å². The summed E-state index contributed by atoms with van der Waals surface area (Å²) in [4.78, 5) is 15.7. The summed E-state index contributed by atoms with van der Waals surface area (Å²) in [5.41, 5.74) is 1.54. The van der Waals surface area contributed by atoms with Crippen LogP contribution in [0.3, 0.4) is 0 Å². The first-order chi connectivity index (χ1) is 10.0. The smallest absolute Gasteiger partial charge is 0.251 e. The Bertz CT molecular complexity index is 610. The highest BCUT2D eigenvalue weighted by molar-refractivity contribution is 6.33. The number of aryl methyl sites for hydroxylation is 1. The maximum Gasteiger partial charge on any atom is 0.251 e. The number of amides is 1. The molecule has 2 aromatic rings. The number of hydrogen-bond donors (Lipinski definition) is 1. The summed E-state index contributed by atoms with van der Waals surface area (Å²) in [6.07, 6.45) is 0. The molecule has 2 rings (SSSR count). The maximum absolute atomic E-state index is 11.9. The van der Waals surface area contributed by atoms with Gasteiger partial charge < -0.3 is 10.1 Å². The van der Waals surface area contributed by atoms with Gasteiger partial charge in [0.1, 0.15) is 22.7 Å². The molecule has 0 spiro atoms. The fourth-order valence-corrected chi connectivity index (χ4v) is 2.13. The van der Waals surface area contributed by atoms with Gasteiger partial charge in [-0.25, -0.2) is 4.98 Å². The van der Waals surface area contributed by atoms with Crippen LogP contribution in [0.2, 0.25) is 10.3 Å². The van der Waals surface area contributed by atoms with Gasteiger partial charge in [0.2, 0.25) is 0 Å². The topological polar surface area (TPSA) is 51.2 Å². The lowest BCUT2D eigenvalue weighted by molar-refractivity contribution is 0.0947. The number of ether oxygens (including phenoxy) is 1. The van der Waals surface area contributed by atoms with Crippen LogP contribution < -0.4 is 10.1 Å². The summed E-state index contributed by atoms with van der Waals surface area (Å²) >= 11 is 11.5. The lowest BCUT2D eigenvalue weighted by Crippen LogP contribution is -2.28. The van der Waals surface area contributed by atoms with Crippen LogP contribution in [0, 0.1) is 6.92 Å². The van der Waals surface area contributed by atoms with E-state index in [9.17, 15) is 4.79 Å². The van der Waals surface area contributed by atoms with Gasteiger partial charge in [-0.15, -0.1) is 0 Å². The van der Waals surface area contributed by atoms with Gasteiger partial charge in [-0.05, 0) is 31.2 Å². The summed E-state index contributed by atoms with van der Waals surface area (Å²) in [5.74, 6) is 0.499. The van der Waals surface area contributed by atoms with Crippen LogP contribution in [-0.2, 0) is 0 Å². The molecule has 0 aliphatic carbocycles. The van der Waals surface area contributed by atoms with Crippen molar-refractivity contribution in [3.8, 4) is 5.75 Å². The number of rotatable bonds is 5. The van der Waals surface area contributed by atoms with Crippen molar-refractivity contribution in [3.05, 3.63) is 57.8 Å². The summed E-state index contributed by atoms with van der Waals surface area (Å²) in [6.45, 7) is 2.76. The van der Waals surface area contributed by atoms with Crippen molar-refractivity contribution in [2.45, 2.75) is 6.92 Å². The Morgan fingerprint density at radius 3 is 2.43 bits per heavy atom. The van der Waals surface area contributed by atoms with Crippen molar-refractivity contribution < 1.29 is 9.53 Å². The molecule has 0 aliphatic rings. The van der Waals surface area contributed by atoms with Gasteiger partial charge in [0.05, 0.1) is 6.54 Å². The van der Waals surface area contributed by atoms with E-state index < -0.39 is 0 Å². The SMILES string of the molecule is Cc1ccc(OCCNC(=O)c2cc(Cl)nc(Cl)c2)cc1. The largest absolute Gasteiger partial charge is 0.492 e. The zero-order valence-corrected chi connectivity index (χ0v) is 12.9. The monoisotopic (exact) mass is 324 g/mol. The number of aromatic nitrogens is 1. The highest BCUT2D eigenvalue weighted by atomic mass is 35.5. The van der Waals surface area contributed by atoms with Gasteiger partial charge in [0.15, 0.2) is 0 Å². The number of benzene rings is 1. The number of hydrogen-bond acceptors (Lipinski definition) is 3. The molecule has 1 N–H and O–H groups in total. The lowest BCUT2D eigenvalue weighted by atomic mass is 10.2. The highest BCUT2D eigenvalue weighted by Crippen LogP contribution is 2.14. The summed E-state index contributed by atoms with van der Waals surface area (Å²) in [5, 5.41) is 3.09. The van der Waals surface area contributed by atoms with Crippen LogP contribution >= 0.6 is 23.2 Å². The van der Waals surface area contributed by atoms with Gasteiger partial charge in [-0.1, -0.05) is 40.9 Å². The third kappa shape index (κ3) is 4.92. The fraction of sp³-hybridized carbons (Fsp3) is 0.200. The van der Waals surface area contributed by atoms with E-state index in [0.29, 0.717) is 18.7 Å². The molecule has 0 saturated carbocycles. The van der Waals surface area contributed by atoms with Gasteiger partial charge >= 0.3 is 0 Å². The van der Waals surface area contributed by atoms with E-state index >= 15 is 0 Å². The van der Waals surface area contributed by atoms with Crippen LogP contribution in [0.25, 0.3) is 0 Å². The first kappa shape index (κ1) is 15.6. The number of nitrogens with zero attached hydrogens (tertiary/aromatic N) is 1. The average molecular weight is 325 g/mol. The van der Waals surface area contributed by atoms with E-state index in [0.717, 1.165) is 5.75 Å². The fourth-order valence-electron chi connectivity index (χ4n) is 1.67. The number of nitrogens with one attached hydrogen (secondary N) is 1. The first-order valence-electron chi connectivity index (χ1n) is 6.35. The molecule has 0 radical (unpaired) electrons. The zero-order valence-electron chi connectivity index (χ0n) is 11.4. The average Bonchev–Trinajstić information content (AvgIpc) is 2.44. The van der Waals surface area contributed by atoms with Crippen molar-refractivity contribution in [1.82, 2.24) is 10.3 Å². The van der Waals surface area contributed by atoms with Crippen LogP contribution in [0.1, 0.15) is 15.9 Å². The van der Waals surface area contributed by atoms with Gasteiger partial charge in [0.25, 0.3) is 5.91 Å².